The minimum Gasteiger partial charge on any atom is -0.353 e. The normalized spacial score (nSPS) is 11.4. The standard InChI is InChI=1S/C28H52N2O2/c1-3-5-7-9-11-13-15-17-21-25-29-27(31)23-19-20-24-28(32)30-26-22-18-16-14-12-10-8-6-4-2/h19-20,23-24H,3-18,21-22,25-26H2,1-2H3,(H,29,31)(H,30,32)/b23-19+,24-20+. The molecule has 0 radical (unpaired) electrons. The van der Waals surface area contributed by atoms with Crippen molar-refractivity contribution in [2.75, 3.05) is 13.1 Å². The Hall–Kier alpha value is -1.58. The highest BCUT2D eigenvalue weighted by atomic mass is 16.2. The zero-order valence-electron chi connectivity index (χ0n) is 21.3. The monoisotopic (exact) mass is 448 g/mol. The van der Waals surface area contributed by atoms with E-state index in [1.807, 2.05) is 0 Å². The molecule has 4 heteroatoms. The topological polar surface area (TPSA) is 58.2 Å². The number of nitrogens with one attached hydrogen (secondary N) is 2. The number of amides is 2. The molecule has 0 atom stereocenters. The molecule has 0 bridgehead atoms. The third kappa shape index (κ3) is 24.7. The van der Waals surface area contributed by atoms with Crippen LogP contribution in [0.1, 0.15) is 129 Å². The van der Waals surface area contributed by atoms with Gasteiger partial charge in [-0.3, -0.25) is 9.59 Å². The van der Waals surface area contributed by atoms with E-state index in [9.17, 15) is 9.59 Å². The zero-order chi connectivity index (χ0) is 23.5. The van der Waals surface area contributed by atoms with Crippen LogP contribution >= 0.6 is 0 Å². The van der Waals surface area contributed by atoms with Crippen molar-refractivity contribution in [2.24, 2.45) is 0 Å². The first-order valence-electron chi connectivity index (χ1n) is 13.6. The Labute approximate surface area is 199 Å². The fraction of sp³-hybridized carbons (Fsp3) is 0.786. The lowest BCUT2D eigenvalue weighted by atomic mass is 10.1. The molecular formula is C28H52N2O2. The van der Waals surface area contributed by atoms with Gasteiger partial charge < -0.3 is 10.6 Å². The smallest absolute Gasteiger partial charge is 0.243 e. The van der Waals surface area contributed by atoms with Gasteiger partial charge in [0, 0.05) is 25.2 Å². The number of allylic oxidation sites excluding steroid dienone is 2. The van der Waals surface area contributed by atoms with E-state index in [1.165, 1.54) is 115 Å². The lowest BCUT2D eigenvalue weighted by Crippen LogP contribution is -2.22. The van der Waals surface area contributed by atoms with Crippen LogP contribution in [0.2, 0.25) is 0 Å². The van der Waals surface area contributed by atoms with Crippen molar-refractivity contribution in [2.45, 2.75) is 129 Å². The number of rotatable bonds is 23. The highest BCUT2D eigenvalue weighted by Gasteiger charge is 1.97. The molecule has 2 amide bonds. The molecule has 2 N–H and O–H groups in total. The molecule has 0 aliphatic heterocycles. The fourth-order valence-electron chi connectivity index (χ4n) is 3.70. The van der Waals surface area contributed by atoms with Crippen LogP contribution in [0.5, 0.6) is 0 Å². The van der Waals surface area contributed by atoms with Gasteiger partial charge in [-0.05, 0) is 12.8 Å². The molecule has 0 saturated carbocycles. The molecule has 0 saturated heterocycles. The molecule has 0 heterocycles. The molecule has 0 fully saturated rings. The predicted molar refractivity (Wildman–Crippen MR) is 139 cm³/mol. The van der Waals surface area contributed by atoms with Crippen LogP contribution in [0.3, 0.4) is 0 Å². The van der Waals surface area contributed by atoms with E-state index >= 15 is 0 Å². The van der Waals surface area contributed by atoms with Gasteiger partial charge in [-0.1, -0.05) is 129 Å². The highest BCUT2D eigenvalue weighted by molar-refractivity contribution is 5.89. The first-order valence-corrected chi connectivity index (χ1v) is 13.6. The summed E-state index contributed by atoms with van der Waals surface area (Å²) >= 11 is 0. The summed E-state index contributed by atoms with van der Waals surface area (Å²) < 4.78 is 0. The van der Waals surface area contributed by atoms with E-state index in [-0.39, 0.29) is 11.8 Å². The number of hydrogen-bond acceptors (Lipinski definition) is 2. The number of hydrogen-bond donors (Lipinski definition) is 2. The maximum atomic E-state index is 11.8. The lowest BCUT2D eigenvalue weighted by Gasteiger charge is -2.03. The van der Waals surface area contributed by atoms with E-state index in [4.69, 9.17) is 0 Å². The van der Waals surface area contributed by atoms with Gasteiger partial charge in [-0.2, -0.15) is 0 Å². The second kappa shape index (κ2) is 25.7. The summed E-state index contributed by atoms with van der Waals surface area (Å²) in [4.78, 5) is 23.5. The van der Waals surface area contributed by atoms with Gasteiger partial charge in [0.05, 0.1) is 0 Å². The Balaban J connectivity index is 3.48. The van der Waals surface area contributed by atoms with Gasteiger partial charge >= 0.3 is 0 Å². The summed E-state index contributed by atoms with van der Waals surface area (Å²) in [5, 5.41) is 5.80. The van der Waals surface area contributed by atoms with Crippen LogP contribution < -0.4 is 10.6 Å². The Bertz CT molecular complexity index is 442. The third-order valence-corrected chi connectivity index (χ3v) is 5.77. The average molecular weight is 449 g/mol. The van der Waals surface area contributed by atoms with Gasteiger partial charge in [-0.15, -0.1) is 0 Å². The van der Waals surface area contributed by atoms with Crippen LogP contribution in [-0.2, 0) is 9.59 Å². The quantitative estimate of drug-likeness (QED) is 0.0972. The molecule has 0 aromatic heterocycles. The van der Waals surface area contributed by atoms with Crippen molar-refractivity contribution in [1.82, 2.24) is 10.6 Å². The van der Waals surface area contributed by atoms with Crippen molar-refractivity contribution >= 4 is 11.8 Å². The van der Waals surface area contributed by atoms with Crippen molar-refractivity contribution in [3.8, 4) is 0 Å². The number of carbonyl (C=O) groups is 2. The van der Waals surface area contributed by atoms with Gasteiger partial charge in [0.1, 0.15) is 0 Å². The van der Waals surface area contributed by atoms with Gasteiger partial charge in [0.25, 0.3) is 0 Å². The minimum absolute atomic E-state index is 0.0932. The fourth-order valence-corrected chi connectivity index (χ4v) is 3.70. The molecule has 0 spiro atoms. The Kier molecular flexibility index (Phi) is 24.4. The number of unbranched alkanes of at least 4 members (excludes halogenated alkanes) is 16. The van der Waals surface area contributed by atoms with Crippen LogP contribution in [0, 0.1) is 0 Å². The van der Waals surface area contributed by atoms with Crippen LogP contribution in [-0.4, -0.2) is 24.9 Å². The number of carbonyl (C=O) groups excluding carboxylic acids is 2. The van der Waals surface area contributed by atoms with Gasteiger partial charge in [0.2, 0.25) is 11.8 Å². The zero-order valence-corrected chi connectivity index (χ0v) is 21.3. The molecular weight excluding hydrogens is 396 g/mol. The van der Waals surface area contributed by atoms with Gasteiger partial charge in [-0.25, -0.2) is 0 Å². The molecule has 0 aliphatic carbocycles. The summed E-state index contributed by atoms with van der Waals surface area (Å²) in [7, 11) is 0. The minimum atomic E-state index is -0.0932. The van der Waals surface area contributed by atoms with E-state index < -0.39 is 0 Å². The Morgan fingerprint density at radius 1 is 0.469 bits per heavy atom. The first-order chi connectivity index (χ1) is 15.7. The molecule has 0 rings (SSSR count). The molecule has 0 unspecified atom stereocenters. The summed E-state index contributed by atoms with van der Waals surface area (Å²) in [6.45, 7) is 5.94. The Morgan fingerprint density at radius 2 is 0.750 bits per heavy atom. The van der Waals surface area contributed by atoms with E-state index in [0.717, 1.165) is 25.9 Å². The maximum Gasteiger partial charge on any atom is 0.243 e. The van der Waals surface area contributed by atoms with Crippen LogP contribution in [0.15, 0.2) is 24.3 Å². The summed E-state index contributed by atoms with van der Waals surface area (Å²) in [5.41, 5.74) is 0. The molecule has 0 aliphatic rings. The molecule has 0 aromatic carbocycles. The lowest BCUT2D eigenvalue weighted by molar-refractivity contribution is -0.117. The third-order valence-electron chi connectivity index (χ3n) is 5.77. The summed E-state index contributed by atoms with van der Waals surface area (Å²) in [6.07, 6.45) is 29.3. The maximum absolute atomic E-state index is 11.8. The SMILES string of the molecule is CCCCCCCCCCCNC(=O)/C=C/C=C/C(=O)NCCCCCCCCCCC. The summed E-state index contributed by atoms with van der Waals surface area (Å²) in [5.74, 6) is -0.186. The van der Waals surface area contributed by atoms with E-state index in [0.29, 0.717) is 0 Å². The van der Waals surface area contributed by atoms with Crippen LogP contribution in [0.4, 0.5) is 0 Å². The van der Waals surface area contributed by atoms with Crippen molar-refractivity contribution in [3.63, 3.8) is 0 Å². The van der Waals surface area contributed by atoms with Crippen LogP contribution in [0.25, 0.3) is 0 Å². The molecule has 4 nitrogen and oxygen atoms in total. The molecule has 186 valence electrons. The highest BCUT2D eigenvalue weighted by Crippen LogP contribution is 2.10. The second-order valence-corrected chi connectivity index (χ2v) is 8.96. The first kappa shape index (κ1) is 30.4. The molecule has 32 heavy (non-hydrogen) atoms. The Morgan fingerprint density at radius 3 is 1.06 bits per heavy atom. The molecule has 0 aromatic rings. The van der Waals surface area contributed by atoms with E-state index in [1.54, 1.807) is 12.2 Å². The predicted octanol–water partition coefficient (Wildman–Crippen LogP) is 7.39. The summed E-state index contributed by atoms with van der Waals surface area (Å²) in [6, 6.07) is 0. The largest absolute Gasteiger partial charge is 0.353 e. The van der Waals surface area contributed by atoms with Gasteiger partial charge in [0.15, 0.2) is 0 Å². The van der Waals surface area contributed by atoms with E-state index in [2.05, 4.69) is 24.5 Å². The average Bonchev–Trinajstić information content (AvgIpc) is 2.79. The van der Waals surface area contributed by atoms with Crippen molar-refractivity contribution < 1.29 is 9.59 Å². The van der Waals surface area contributed by atoms with Crippen molar-refractivity contribution in [3.05, 3.63) is 24.3 Å². The second-order valence-electron chi connectivity index (χ2n) is 8.96. The van der Waals surface area contributed by atoms with Crippen molar-refractivity contribution in [1.29, 1.82) is 0 Å².